The van der Waals surface area contributed by atoms with Crippen molar-refractivity contribution in [3.63, 3.8) is 0 Å². The van der Waals surface area contributed by atoms with Crippen molar-refractivity contribution in [3.8, 4) is 18.1 Å². The lowest BCUT2D eigenvalue weighted by molar-refractivity contribution is 0.199. The van der Waals surface area contributed by atoms with Gasteiger partial charge in [0.1, 0.15) is 11.9 Å². The molecule has 1 aliphatic heterocycles. The Hall–Kier alpha value is -3.42. The fourth-order valence-electron chi connectivity index (χ4n) is 3.58. The minimum atomic E-state index is 0.0376. The summed E-state index contributed by atoms with van der Waals surface area (Å²) in [6.07, 6.45) is 12.7. The number of nitrogens with zero attached hydrogens (tertiary/aromatic N) is 1. The quantitative estimate of drug-likeness (QED) is 0.389. The average molecular weight is 445 g/mol. The zero-order chi connectivity index (χ0) is 24.1. The number of benzene rings is 2. The monoisotopic (exact) mass is 444 g/mol. The molecule has 0 saturated carbocycles. The van der Waals surface area contributed by atoms with Crippen LogP contribution in [0.5, 0.6) is 5.75 Å². The van der Waals surface area contributed by atoms with Gasteiger partial charge in [-0.1, -0.05) is 56.0 Å². The van der Waals surface area contributed by atoms with E-state index in [0.717, 1.165) is 42.2 Å². The predicted octanol–water partition coefficient (Wildman–Crippen LogP) is 5.97. The van der Waals surface area contributed by atoms with Crippen LogP contribution in [0.3, 0.4) is 0 Å². The van der Waals surface area contributed by atoms with Crippen LogP contribution in [0.4, 0.5) is 11.4 Å². The van der Waals surface area contributed by atoms with Gasteiger partial charge in [-0.3, -0.25) is 0 Å². The van der Waals surface area contributed by atoms with Crippen LogP contribution in [0.2, 0.25) is 0 Å². The minimum Gasteiger partial charge on any atom is -0.485 e. The normalized spacial score (nSPS) is 15.1. The summed E-state index contributed by atoms with van der Waals surface area (Å²) in [5.41, 5.74) is 5.31. The number of fused-ring (bicyclic) bond motifs is 1. The number of rotatable bonds is 8. The molecule has 4 nitrogen and oxygen atoms in total. The highest BCUT2D eigenvalue weighted by Crippen LogP contribution is 2.33. The van der Waals surface area contributed by atoms with Crippen molar-refractivity contribution in [2.45, 2.75) is 39.7 Å². The van der Waals surface area contributed by atoms with Gasteiger partial charge in [0.25, 0.3) is 0 Å². The Morgan fingerprint density at radius 3 is 2.73 bits per heavy atom. The summed E-state index contributed by atoms with van der Waals surface area (Å²) >= 11 is 0. The molecule has 2 aromatic carbocycles. The first-order valence-electron chi connectivity index (χ1n) is 11.5. The molecule has 2 aromatic rings. The van der Waals surface area contributed by atoms with Crippen molar-refractivity contribution in [1.82, 2.24) is 0 Å². The summed E-state index contributed by atoms with van der Waals surface area (Å²) in [6, 6.07) is 16.4. The Morgan fingerprint density at radius 2 is 2.06 bits per heavy atom. The van der Waals surface area contributed by atoms with Gasteiger partial charge in [0.2, 0.25) is 0 Å². The lowest BCUT2D eigenvalue weighted by Crippen LogP contribution is -2.39. The molecule has 33 heavy (non-hydrogen) atoms. The summed E-state index contributed by atoms with van der Waals surface area (Å²) in [5, 5.41) is 12.1. The minimum absolute atomic E-state index is 0.0376. The number of hydrogen-bond acceptors (Lipinski definition) is 4. The molecule has 1 heterocycles. The Bertz CT molecular complexity index is 1000. The molecule has 1 atom stereocenters. The van der Waals surface area contributed by atoms with Crippen LogP contribution in [0.1, 0.15) is 32.8 Å². The number of aliphatic hydroxyl groups is 1. The van der Waals surface area contributed by atoms with Crippen molar-refractivity contribution in [2.24, 2.45) is 0 Å². The molecule has 0 bridgehead atoms. The number of aliphatic hydroxyl groups excluding tert-OH is 1. The van der Waals surface area contributed by atoms with Crippen LogP contribution >= 0.6 is 0 Å². The average Bonchev–Trinajstić information content (AvgIpc) is 2.84. The van der Waals surface area contributed by atoms with Crippen LogP contribution in [0.25, 0.3) is 0 Å². The second-order valence-electron chi connectivity index (χ2n) is 7.64. The molecule has 3 rings (SSSR count). The number of aryl methyl sites for hydroxylation is 1. The SMILES string of the molecule is C#CCC1CN(CC)c2ccccc2O1.C=C(Nc1cccc(CC)c1)C(/C=C\CO)=C/C. The van der Waals surface area contributed by atoms with Gasteiger partial charge in [-0.05, 0) is 55.7 Å². The fourth-order valence-corrected chi connectivity index (χ4v) is 3.58. The molecule has 0 amide bonds. The van der Waals surface area contributed by atoms with Crippen molar-refractivity contribution >= 4 is 11.4 Å². The zero-order valence-electron chi connectivity index (χ0n) is 20.1. The smallest absolute Gasteiger partial charge is 0.143 e. The third-order valence-corrected chi connectivity index (χ3v) is 5.34. The molecule has 174 valence electrons. The van der Waals surface area contributed by atoms with Gasteiger partial charge in [0.05, 0.1) is 18.8 Å². The van der Waals surface area contributed by atoms with E-state index in [9.17, 15) is 0 Å². The number of anilines is 2. The van der Waals surface area contributed by atoms with E-state index in [4.69, 9.17) is 16.3 Å². The number of allylic oxidation sites excluding steroid dienone is 2. The van der Waals surface area contributed by atoms with E-state index in [1.165, 1.54) is 11.3 Å². The molecule has 0 fully saturated rings. The maximum absolute atomic E-state index is 8.79. The molecule has 0 spiro atoms. The first-order chi connectivity index (χ1) is 16.1. The summed E-state index contributed by atoms with van der Waals surface area (Å²) in [7, 11) is 0. The second kappa shape index (κ2) is 13.9. The van der Waals surface area contributed by atoms with Crippen LogP contribution < -0.4 is 15.0 Å². The molecule has 1 unspecified atom stereocenters. The van der Waals surface area contributed by atoms with Gasteiger partial charge < -0.3 is 20.1 Å². The van der Waals surface area contributed by atoms with Crippen molar-refractivity contribution in [3.05, 3.63) is 90.2 Å². The van der Waals surface area contributed by atoms with Crippen LogP contribution in [-0.4, -0.2) is 30.9 Å². The van der Waals surface area contributed by atoms with Crippen molar-refractivity contribution in [1.29, 1.82) is 0 Å². The third-order valence-electron chi connectivity index (χ3n) is 5.34. The van der Waals surface area contributed by atoms with Gasteiger partial charge in [-0.25, -0.2) is 0 Å². The van der Waals surface area contributed by atoms with Crippen molar-refractivity contribution in [2.75, 3.05) is 29.9 Å². The Morgan fingerprint density at radius 1 is 1.27 bits per heavy atom. The lowest BCUT2D eigenvalue weighted by atomic mass is 10.1. The number of terminal acetylenes is 1. The van der Waals surface area contributed by atoms with Gasteiger partial charge in [0, 0.05) is 24.4 Å². The fraction of sp³-hybridized carbons (Fsp3) is 0.310. The maximum Gasteiger partial charge on any atom is 0.143 e. The molecule has 0 aliphatic carbocycles. The van der Waals surface area contributed by atoms with Crippen molar-refractivity contribution < 1.29 is 9.84 Å². The van der Waals surface area contributed by atoms with Gasteiger partial charge in [-0.15, -0.1) is 12.3 Å². The second-order valence-corrected chi connectivity index (χ2v) is 7.64. The molecule has 4 heteroatoms. The highest BCUT2D eigenvalue weighted by Gasteiger charge is 2.23. The van der Waals surface area contributed by atoms with Gasteiger partial charge >= 0.3 is 0 Å². The molecule has 0 aromatic heterocycles. The molecule has 0 radical (unpaired) electrons. The largest absolute Gasteiger partial charge is 0.485 e. The van der Waals surface area contributed by atoms with Crippen LogP contribution in [-0.2, 0) is 6.42 Å². The summed E-state index contributed by atoms with van der Waals surface area (Å²) in [4.78, 5) is 2.31. The number of hydrogen-bond donors (Lipinski definition) is 2. The van der Waals surface area contributed by atoms with E-state index in [1.807, 2.05) is 49.4 Å². The number of para-hydroxylation sites is 2. The van der Waals surface area contributed by atoms with Gasteiger partial charge in [0.15, 0.2) is 0 Å². The van der Waals surface area contributed by atoms with Gasteiger partial charge in [-0.2, -0.15) is 0 Å². The lowest BCUT2D eigenvalue weighted by Gasteiger charge is -2.35. The zero-order valence-corrected chi connectivity index (χ0v) is 20.1. The molecule has 1 aliphatic rings. The number of nitrogens with one attached hydrogen (secondary N) is 1. The summed E-state index contributed by atoms with van der Waals surface area (Å²) < 4.78 is 5.82. The first kappa shape index (κ1) is 25.8. The molecule has 0 saturated heterocycles. The van der Waals surface area contributed by atoms with E-state index in [2.05, 4.69) is 54.8 Å². The third kappa shape index (κ3) is 7.89. The highest BCUT2D eigenvalue weighted by atomic mass is 16.5. The molecular weight excluding hydrogens is 408 g/mol. The highest BCUT2D eigenvalue weighted by molar-refractivity contribution is 5.60. The number of likely N-dealkylation sites (N-methyl/N-ethyl adjacent to an activating group) is 1. The predicted molar refractivity (Wildman–Crippen MR) is 141 cm³/mol. The molecular formula is C29H36N2O2. The van der Waals surface area contributed by atoms with Crippen LogP contribution in [0, 0.1) is 12.3 Å². The van der Waals surface area contributed by atoms with E-state index in [1.54, 1.807) is 6.08 Å². The Kier molecular flexibility index (Phi) is 10.9. The Labute approximate surface area is 199 Å². The summed E-state index contributed by atoms with van der Waals surface area (Å²) in [5.74, 6) is 3.61. The summed E-state index contributed by atoms with van der Waals surface area (Å²) in [6.45, 7) is 12.2. The Balaban J connectivity index is 0.000000237. The topological polar surface area (TPSA) is 44.7 Å². The standard InChI is InChI=1S/C16H21NO.C13H15NO/c1-4-14-8-6-10-16(12-14)17-13(3)15(5-2)9-7-11-18;1-3-7-11-10-14(4-2)12-8-5-6-9-13(12)15-11/h5-10,12,17-18H,3-4,11H2,1-2H3;1,5-6,8-9,11H,4,7,10H2,2H3/b9-7-,15-5+;. The van der Waals surface area contributed by atoms with E-state index < -0.39 is 0 Å². The molecule has 2 N–H and O–H groups in total. The van der Waals surface area contributed by atoms with E-state index in [0.29, 0.717) is 6.42 Å². The number of ether oxygens (including phenoxy) is 1. The maximum atomic E-state index is 8.79. The first-order valence-corrected chi connectivity index (χ1v) is 11.5. The van der Waals surface area contributed by atoms with E-state index >= 15 is 0 Å². The van der Waals surface area contributed by atoms with Crippen LogP contribution in [0.15, 0.2) is 84.6 Å². The van der Waals surface area contributed by atoms with E-state index in [-0.39, 0.29) is 12.7 Å².